The van der Waals surface area contributed by atoms with E-state index in [-0.39, 0.29) is 11.5 Å². The lowest BCUT2D eigenvalue weighted by Crippen LogP contribution is -2.57. The van der Waals surface area contributed by atoms with Crippen molar-refractivity contribution >= 4 is 82.8 Å². The van der Waals surface area contributed by atoms with Crippen LogP contribution in [0.4, 0.5) is 0 Å². The molecule has 0 aliphatic heterocycles. The summed E-state index contributed by atoms with van der Waals surface area (Å²) in [4.78, 5) is 120. The predicted molar refractivity (Wildman–Crippen MR) is 247 cm³/mol. The minimum absolute atomic E-state index is 0.0296. The number of aliphatic carboxylic acids is 4. The maximum Gasteiger partial charge on any atom is 0.327 e. The van der Waals surface area contributed by atoms with Crippen molar-refractivity contribution in [3.8, 4) is 0 Å². The molecule has 32 nitrogen and oxygen atoms in total. The summed E-state index contributed by atoms with van der Waals surface area (Å²) in [6, 6.07) is -8.56. The molecular formula is C38H68N8O24S2. The van der Waals surface area contributed by atoms with Crippen LogP contribution in [0.25, 0.3) is 0 Å². The summed E-state index contributed by atoms with van der Waals surface area (Å²) in [6.07, 6.45) is -14.6. The topological polar surface area (TPSA) is 550 Å². The molecule has 6 amide bonds. The Morgan fingerprint density at radius 3 is 0.903 bits per heavy atom. The maximum absolute atomic E-state index is 12.7. The number of carboxylic acid groups (broad SMARTS) is 4. The molecule has 0 saturated heterocycles. The van der Waals surface area contributed by atoms with Crippen LogP contribution in [0.15, 0.2) is 0 Å². The zero-order chi connectivity index (χ0) is 56.0. The number of thioether (sulfide) groups is 2. The van der Waals surface area contributed by atoms with Crippen molar-refractivity contribution in [2.75, 3.05) is 64.4 Å². The average molecular weight is 1090 g/mol. The van der Waals surface area contributed by atoms with Gasteiger partial charge in [-0.3, -0.25) is 38.4 Å². The lowest BCUT2D eigenvalue weighted by atomic mass is 10.0. The summed E-state index contributed by atoms with van der Waals surface area (Å²) in [6.45, 7) is -3.14. The fraction of sp³-hybridized carbons (Fsp3) is 0.737. The lowest BCUT2D eigenvalue weighted by Gasteiger charge is -2.26. The normalized spacial score (nSPS) is 17.0. The zero-order valence-corrected chi connectivity index (χ0v) is 40.9. The Morgan fingerprint density at radius 1 is 0.403 bits per heavy atom. The number of likely N-dealkylation sites (N-methyl/N-ethyl adjacent to an activating group) is 2. The van der Waals surface area contributed by atoms with Crippen LogP contribution in [0.3, 0.4) is 0 Å². The molecule has 0 aliphatic carbocycles. The Morgan fingerprint density at radius 2 is 0.667 bits per heavy atom. The molecule has 6 unspecified atom stereocenters. The molecule has 416 valence electrons. The van der Waals surface area contributed by atoms with Crippen molar-refractivity contribution in [2.24, 2.45) is 0 Å². The second kappa shape index (κ2) is 36.8. The van der Waals surface area contributed by atoms with Crippen LogP contribution in [0, 0.1) is 0 Å². The first-order valence-corrected chi connectivity index (χ1v) is 24.0. The Bertz CT molecular complexity index is 1640. The van der Waals surface area contributed by atoms with Gasteiger partial charge in [0.15, 0.2) is 0 Å². The highest BCUT2D eigenvalue weighted by atomic mass is 32.2. The molecule has 14 atom stereocenters. The van der Waals surface area contributed by atoms with Crippen LogP contribution in [-0.2, 0) is 47.9 Å². The molecule has 0 spiro atoms. The zero-order valence-electron chi connectivity index (χ0n) is 39.3. The van der Waals surface area contributed by atoms with Crippen molar-refractivity contribution in [3.63, 3.8) is 0 Å². The third-order valence-electron chi connectivity index (χ3n) is 9.70. The Balaban J connectivity index is 0. The summed E-state index contributed by atoms with van der Waals surface area (Å²) in [5.74, 6) is -11.4. The van der Waals surface area contributed by atoms with Crippen LogP contribution in [0.5, 0.6) is 0 Å². The Kier molecular flexibility index (Phi) is 35.2. The molecular weight excluding hydrogens is 1020 g/mol. The number of nitrogens with one attached hydrogen (secondary N) is 8. The van der Waals surface area contributed by atoms with Gasteiger partial charge in [-0.15, -0.1) is 0 Å². The molecule has 34 heteroatoms. The standard InChI is InChI=1S/2C19H34N4O12S/c2*1-20-8(4-14(28)29)17(32)22-9(18(33)23-10(7-36-2)19(34)35)3-13(27)21-5-11(25)15(30)16(31)12(26)6-24/h2*8-12,15-16,20,24-26,30-31H,3-7H2,1-2H3,(H,21,27)(H,22,32)(H,23,33)(H,28,29)(H,34,35)/t8-,9?,10-,11?,12?,15?,16?;8-,9?,10-,11-,12+,15+,16+/m00/s1. The van der Waals surface area contributed by atoms with Gasteiger partial charge in [-0.25, -0.2) is 9.59 Å². The summed E-state index contributed by atoms with van der Waals surface area (Å²) in [7, 11) is 2.59. The van der Waals surface area contributed by atoms with Gasteiger partial charge in [0.1, 0.15) is 60.8 Å². The number of carbonyl (C=O) groups is 10. The van der Waals surface area contributed by atoms with E-state index in [4.69, 9.17) is 20.4 Å². The summed E-state index contributed by atoms with van der Waals surface area (Å²) in [5.41, 5.74) is 0. The van der Waals surface area contributed by atoms with Gasteiger partial charge in [0.05, 0.1) is 63.2 Å². The van der Waals surface area contributed by atoms with Gasteiger partial charge >= 0.3 is 23.9 Å². The van der Waals surface area contributed by atoms with Crippen molar-refractivity contribution < 1.29 is 119 Å². The van der Waals surface area contributed by atoms with E-state index in [1.807, 2.05) is 0 Å². The summed E-state index contributed by atoms with van der Waals surface area (Å²) >= 11 is 2.22. The molecule has 0 heterocycles. The molecule has 0 aromatic rings. The number of hydrogen-bond acceptors (Lipinski definition) is 24. The summed E-state index contributed by atoms with van der Waals surface area (Å²) < 4.78 is 0. The first kappa shape index (κ1) is 69.0. The predicted octanol–water partition coefficient (Wildman–Crippen LogP) is -11.2. The molecule has 72 heavy (non-hydrogen) atoms. The van der Waals surface area contributed by atoms with Gasteiger partial charge in [-0.1, -0.05) is 0 Å². The number of hydrogen-bond donors (Lipinski definition) is 22. The van der Waals surface area contributed by atoms with E-state index in [0.29, 0.717) is 0 Å². The minimum Gasteiger partial charge on any atom is -0.481 e. The van der Waals surface area contributed by atoms with Crippen molar-refractivity contribution in [1.82, 2.24) is 42.5 Å². The molecule has 0 saturated carbocycles. The van der Waals surface area contributed by atoms with Gasteiger partial charge in [-0.2, -0.15) is 23.5 Å². The summed E-state index contributed by atoms with van der Waals surface area (Å²) in [5, 5.41) is 149. The monoisotopic (exact) mass is 1080 g/mol. The second-order valence-corrected chi connectivity index (χ2v) is 17.1. The largest absolute Gasteiger partial charge is 0.481 e. The molecule has 0 radical (unpaired) electrons. The van der Waals surface area contributed by atoms with E-state index >= 15 is 0 Å². The van der Waals surface area contributed by atoms with Crippen molar-refractivity contribution in [3.05, 3.63) is 0 Å². The fourth-order valence-corrected chi connectivity index (χ4v) is 6.63. The van der Waals surface area contributed by atoms with Gasteiger partial charge in [0.25, 0.3) is 0 Å². The first-order valence-electron chi connectivity index (χ1n) is 21.2. The molecule has 0 aliphatic rings. The number of aliphatic hydroxyl groups is 10. The second-order valence-electron chi connectivity index (χ2n) is 15.3. The van der Waals surface area contributed by atoms with Crippen LogP contribution in [0.1, 0.15) is 25.7 Å². The van der Waals surface area contributed by atoms with E-state index in [1.165, 1.54) is 14.1 Å². The lowest BCUT2D eigenvalue weighted by molar-refractivity contribution is -0.142. The highest BCUT2D eigenvalue weighted by molar-refractivity contribution is 7.98. The number of aliphatic hydroxyl groups excluding tert-OH is 10. The molecule has 22 N–H and O–H groups in total. The highest BCUT2D eigenvalue weighted by Crippen LogP contribution is 2.08. The smallest absolute Gasteiger partial charge is 0.327 e. The number of carboxylic acids is 4. The van der Waals surface area contributed by atoms with Crippen LogP contribution < -0.4 is 42.5 Å². The Hall–Kier alpha value is -5.08. The van der Waals surface area contributed by atoms with E-state index in [1.54, 1.807) is 12.5 Å². The SMILES string of the molecule is CN[C@@H](CC(=O)O)C(=O)NC(CC(=O)NCC(O)C(O)C(O)C(O)CO)C(=O)N[C@@H](CSC)C(=O)O.CN[C@@H](CC(=O)O)C(=O)NC(CC(=O)NC[C@H](O)[C@@H](O)[C@H](O)[C@H](O)CO)C(=O)N[C@@H](CSC)C(=O)O. The van der Waals surface area contributed by atoms with E-state index < -0.39 is 196 Å². The highest BCUT2D eigenvalue weighted by Gasteiger charge is 2.35. The van der Waals surface area contributed by atoms with Gasteiger partial charge in [0.2, 0.25) is 35.4 Å². The fourth-order valence-electron chi connectivity index (χ4n) is 5.51. The van der Waals surface area contributed by atoms with Gasteiger partial charge < -0.3 is 114 Å². The third-order valence-corrected chi connectivity index (χ3v) is 11.0. The molecule has 0 bridgehead atoms. The third kappa shape index (κ3) is 27.1. The molecule has 0 fully saturated rings. The molecule has 0 aromatic heterocycles. The number of amides is 6. The quantitative estimate of drug-likeness (QED) is 0.0277. The van der Waals surface area contributed by atoms with Crippen LogP contribution in [0.2, 0.25) is 0 Å². The van der Waals surface area contributed by atoms with Gasteiger partial charge in [0, 0.05) is 24.6 Å². The molecule has 0 aromatic carbocycles. The number of rotatable bonds is 36. The van der Waals surface area contributed by atoms with E-state index in [0.717, 1.165) is 23.5 Å². The minimum atomic E-state index is -1.96. The van der Waals surface area contributed by atoms with E-state index in [9.17, 15) is 99.0 Å². The molecule has 0 rings (SSSR count). The van der Waals surface area contributed by atoms with Crippen molar-refractivity contribution in [1.29, 1.82) is 0 Å². The van der Waals surface area contributed by atoms with Crippen molar-refractivity contribution in [2.45, 2.75) is 111 Å². The average Bonchev–Trinajstić information content (AvgIpc) is 3.33. The first-order chi connectivity index (χ1) is 33.6. The van der Waals surface area contributed by atoms with Crippen LogP contribution in [-0.4, -0.2) is 280 Å². The van der Waals surface area contributed by atoms with Gasteiger partial charge in [-0.05, 0) is 26.6 Å². The van der Waals surface area contributed by atoms with E-state index in [2.05, 4.69) is 42.5 Å². The number of carbonyl (C=O) groups excluding carboxylic acids is 6. The van der Waals surface area contributed by atoms with Crippen LogP contribution >= 0.6 is 23.5 Å². The maximum atomic E-state index is 12.7. The Labute approximate surface area is 419 Å².